The van der Waals surface area contributed by atoms with E-state index in [2.05, 4.69) is 4.98 Å². The Morgan fingerprint density at radius 3 is 3.07 bits per heavy atom. The molecule has 1 atom stereocenters. The van der Waals surface area contributed by atoms with E-state index in [1.165, 1.54) is 0 Å². The first-order valence-corrected chi connectivity index (χ1v) is 5.12. The minimum absolute atomic E-state index is 0.0475. The molecular weight excluding hydrogens is 194 g/mol. The number of nitrogens with zero attached hydrogens (tertiary/aromatic N) is 3. The van der Waals surface area contributed by atoms with E-state index in [1.807, 2.05) is 0 Å². The maximum absolute atomic E-state index is 12.0. The highest BCUT2D eigenvalue weighted by molar-refractivity contribution is 5.92. The predicted molar refractivity (Wildman–Crippen MR) is 54.4 cm³/mol. The molecule has 15 heavy (non-hydrogen) atoms. The van der Waals surface area contributed by atoms with Crippen molar-refractivity contribution in [3.05, 3.63) is 18.2 Å². The number of amides is 1. The third kappa shape index (κ3) is 2.02. The normalized spacial score (nSPS) is 21.7. The third-order valence-corrected chi connectivity index (χ3v) is 2.72. The number of carbonyl (C=O) groups excluding carboxylic acids is 1. The monoisotopic (exact) mass is 209 g/mol. The van der Waals surface area contributed by atoms with Gasteiger partial charge < -0.3 is 14.6 Å². The molecule has 1 amide bonds. The van der Waals surface area contributed by atoms with Crippen molar-refractivity contribution in [3.8, 4) is 0 Å². The van der Waals surface area contributed by atoms with Gasteiger partial charge in [-0.3, -0.25) is 4.79 Å². The van der Waals surface area contributed by atoms with Crippen molar-refractivity contribution < 1.29 is 9.90 Å². The number of aliphatic hydroxyl groups excluding tert-OH is 1. The van der Waals surface area contributed by atoms with Crippen LogP contribution in [0.2, 0.25) is 0 Å². The van der Waals surface area contributed by atoms with Crippen molar-refractivity contribution >= 4 is 5.91 Å². The molecule has 2 rings (SSSR count). The number of β-amino-alcohol motifs (C(OH)–C–C–N with tert-alkyl or cyclic N) is 1. The molecule has 1 saturated heterocycles. The quantitative estimate of drug-likeness (QED) is 0.709. The average Bonchev–Trinajstić information content (AvgIpc) is 2.63. The molecule has 5 heteroatoms. The summed E-state index contributed by atoms with van der Waals surface area (Å²) < 4.78 is 1.70. The molecule has 0 bridgehead atoms. The lowest BCUT2D eigenvalue weighted by Gasteiger charge is -2.29. The van der Waals surface area contributed by atoms with Crippen LogP contribution in [0.5, 0.6) is 0 Å². The van der Waals surface area contributed by atoms with Crippen molar-refractivity contribution in [1.29, 1.82) is 0 Å². The first kappa shape index (κ1) is 10.2. The molecule has 1 aromatic heterocycles. The average molecular weight is 209 g/mol. The summed E-state index contributed by atoms with van der Waals surface area (Å²) >= 11 is 0. The number of aromatic nitrogens is 2. The second kappa shape index (κ2) is 4.02. The highest BCUT2D eigenvalue weighted by atomic mass is 16.3. The van der Waals surface area contributed by atoms with E-state index in [1.54, 1.807) is 29.0 Å². The van der Waals surface area contributed by atoms with Gasteiger partial charge in [-0.2, -0.15) is 0 Å². The number of imidazole rings is 1. The van der Waals surface area contributed by atoms with E-state index < -0.39 is 0 Å². The molecule has 0 aromatic carbocycles. The molecule has 0 radical (unpaired) electrons. The van der Waals surface area contributed by atoms with Crippen molar-refractivity contribution in [1.82, 2.24) is 14.5 Å². The van der Waals surface area contributed by atoms with E-state index in [4.69, 9.17) is 0 Å². The molecule has 0 saturated carbocycles. The lowest BCUT2D eigenvalue weighted by Crippen LogP contribution is -2.42. The number of aryl methyl sites for hydroxylation is 1. The van der Waals surface area contributed by atoms with Gasteiger partial charge in [-0.1, -0.05) is 0 Å². The molecular formula is C10H15N3O2. The minimum atomic E-state index is -0.379. The zero-order valence-corrected chi connectivity index (χ0v) is 8.76. The van der Waals surface area contributed by atoms with Crippen LogP contribution in [0.3, 0.4) is 0 Å². The van der Waals surface area contributed by atoms with Crippen molar-refractivity contribution in [2.45, 2.75) is 18.9 Å². The molecule has 1 fully saturated rings. The van der Waals surface area contributed by atoms with Gasteiger partial charge >= 0.3 is 0 Å². The van der Waals surface area contributed by atoms with Crippen LogP contribution in [-0.2, 0) is 7.05 Å². The van der Waals surface area contributed by atoms with E-state index in [0.717, 1.165) is 19.4 Å². The van der Waals surface area contributed by atoms with Gasteiger partial charge in [-0.15, -0.1) is 0 Å². The lowest BCUT2D eigenvalue weighted by atomic mass is 10.1. The van der Waals surface area contributed by atoms with Crippen LogP contribution in [0.4, 0.5) is 0 Å². The summed E-state index contributed by atoms with van der Waals surface area (Å²) in [4.78, 5) is 17.6. The standard InChI is InChI=1S/C10H15N3O2/c1-12-7-11-5-9(12)10(15)13-4-2-3-8(14)6-13/h5,7-8,14H,2-4,6H2,1H3/t8-/m0/s1. The Morgan fingerprint density at radius 2 is 2.47 bits per heavy atom. The first-order chi connectivity index (χ1) is 7.18. The number of rotatable bonds is 1. The number of likely N-dealkylation sites (tertiary alicyclic amines) is 1. The Hall–Kier alpha value is -1.36. The van der Waals surface area contributed by atoms with E-state index >= 15 is 0 Å². The summed E-state index contributed by atoms with van der Waals surface area (Å²) in [7, 11) is 1.79. The number of aliphatic hydroxyl groups is 1. The van der Waals surface area contributed by atoms with E-state index in [9.17, 15) is 9.90 Å². The van der Waals surface area contributed by atoms with Crippen molar-refractivity contribution in [3.63, 3.8) is 0 Å². The van der Waals surface area contributed by atoms with E-state index in [0.29, 0.717) is 12.2 Å². The van der Waals surface area contributed by atoms with Gasteiger partial charge in [0, 0.05) is 20.1 Å². The van der Waals surface area contributed by atoms with Gasteiger partial charge in [0.05, 0.1) is 18.6 Å². The van der Waals surface area contributed by atoms with Gasteiger partial charge in [0.1, 0.15) is 5.69 Å². The Balaban J connectivity index is 2.11. The molecule has 2 heterocycles. The van der Waals surface area contributed by atoms with E-state index in [-0.39, 0.29) is 12.0 Å². The number of piperidine rings is 1. The Labute approximate surface area is 88.3 Å². The van der Waals surface area contributed by atoms with Crippen LogP contribution >= 0.6 is 0 Å². The smallest absolute Gasteiger partial charge is 0.272 e. The number of hydrogen-bond donors (Lipinski definition) is 1. The maximum atomic E-state index is 12.0. The molecule has 0 aliphatic carbocycles. The molecule has 1 N–H and O–H groups in total. The summed E-state index contributed by atoms with van der Waals surface area (Å²) in [6, 6.07) is 0. The zero-order valence-electron chi connectivity index (χ0n) is 8.76. The Kier molecular flexibility index (Phi) is 2.73. The van der Waals surface area contributed by atoms with Crippen LogP contribution in [0.1, 0.15) is 23.3 Å². The zero-order chi connectivity index (χ0) is 10.8. The summed E-state index contributed by atoms with van der Waals surface area (Å²) in [5.74, 6) is -0.0475. The van der Waals surface area contributed by atoms with Crippen molar-refractivity contribution in [2.24, 2.45) is 7.05 Å². The number of carbonyl (C=O) groups is 1. The molecule has 0 spiro atoms. The second-order valence-corrected chi connectivity index (χ2v) is 3.94. The summed E-state index contributed by atoms with van der Waals surface area (Å²) in [5, 5.41) is 9.48. The van der Waals surface area contributed by atoms with Crippen LogP contribution < -0.4 is 0 Å². The van der Waals surface area contributed by atoms with Gasteiger partial charge in [-0.25, -0.2) is 4.98 Å². The molecule has 1 aliphatic rings. The van der Waals surface area contributed by atoms with Gasteiger partial charge in [0.25, 0.3) is 5.91 Å². The topological polar surface area (TPSA) is 58.4 Å². The fourth-order valence-corrected chi connectivity index (χ4v) is 1.86. The minimum Gasteiger partial charge on any atom is -0.391 e. The van der Waals surface area contributed by atoms with Gasteiger partial charge in [-0.05, 0) is 12.8 Å². The summed E-state index contributed by atoms with van der Waals surface area (Å²) in [5.41, 5.74) is 0.573. The van der Waals surface area contributed by atoms with Crippen LogP contribution in [-0.4, -0.2) is 44.7 Å². The SMILES string of the molecule is Cn1cncc1C(=O)N1CCC[C@H](O)C1. The lowest BCUT2D eigenvalue weighted by molar-refractivity contribution is 0.0466. The number of hydrogen-bond acceptors (Lipinski definition) is 3. The predicted octanol–water partition coefficient (Wildman–Crippen LogP) is 0.0170. The molecule has 5 nitrogen and oxygen atoms in total. The fourth-order valence-electron chi connectivity index (χ4n) is 1.86. The summed E-state index contributed by atoms with van der Waals surface area (Å²) in [6.07, 6.45) is 4.44. The molecule has 82 valence electrons. The first-order valence-electron chi connectivity index (χ1n) is 5.12. The third-order valence-electron chi connectivity index (χ3n) is 2.72. The fraction of sp³-hybridized carbons (Fsp3) is 0.600. The van der Waals surface area contributed by atoms with Gasteiger partial charge in [0.2, 0.25) is 0 Å². The molecule has 1 aliphatic heterocycles. The summed E-state index contributed by atoms with van der Waals surface area (Å²) in [6.45, 7) is 1.16. The van der Waals surface area contributed by atoms with Crippen LogP contribution in [0.15, 0.2) is 12.5 Å². The largest absolute Gasteiger partial charge is 0.391 e. The van der Waals surface area contributed by atoms with Gasteiger partial charge in [0.15, 0.2) is 0 Å². The second-order valence-electron chi connectivity index (χ2n) is 3.94. The van der Waals surface area contributed by atoms with Crippen LogP contribution in [0, 0.1) is 0 Å². The molecule has 1 aromatic rings. The highest BCUT2D eigenvalue weighted by Gasteiger charge is 2.24. The Morgan fingerprint density at radius 1 is 1.67 bits per heavy atom. The van der Waals surface area contributed by atoms with Crippen LogP contribution in [0.25, 0.3) is 0 Å². The molecule has 0 unspecified atom stereocenters. The van der Waals surface area contributed by atoms with Crippen molar-refractivity contribution in [2.75, 3.05) is 13.1 Å². The highest BCUT2D eigenvalue weighted by Crippen LogP contribution is 2.13. The Bertz CT molecular complexity index is 361. The maximum Gasteiger partial charge on any atom is 0.272 e.